The Labute approximate surface area is 173 Å². The summed E-state index contributed by atoms with van der Waals surface area (Å²) in [5.41, 5.74) is 2.79. The molecule has 0 aliphatic heterocycles. The van der Waals surface area contributed by atoms with Crippen molar-refractivity contribution in [1.29, 1.82) is 0 Å². The third kappa shape index (κ3) is 3.96. The summed E-state index contributed by atoms with van der Waals surface area (Å²) in [7, 11) is -3.96. The number of hydrogen-bond acceptors (Lipinski definition) is 6. The minimum atomic E-state index is -3.96. The van der Waals surface area contributed by atoms with Gasteiger partial charge in [-0.15, -0.1) is 11.3 Å². The molecule has 0 unspecified atom stereocenters. The van der Waals surface area contributed by atoms with E-state index in [4.69, 9.17) is 11.6 Å². The normalized spacial score (nSPS) is 11.8. The van der Waals surface area contributed by atoms with Crippen LogP contribution in [-0.2, 0) is 22.1 Å². The van der Waals surface area contributed by atoms with Crippen molar-refractivity contribution in [3.05, 3.63) is 69.3 Å². The Morgan fingerprint density at radius 3 is 2.79 bits per heavy atom. The first-order chi connectivity index (χ1) is 13.8. The summed E-state index contributed by atoms with van der Waals surface area (Å²) >= 11 is 7.42. The molecule has 4 aromatic rings. The minimum absolute atomic E-state index is 0.000414. The first kappa shape index (κ1) is 19.7. The monoisotopic (exact) mass is 454 g/mol. The van der Waals surface area contributed by atoms with Crippen molar-refractivity contribution in [3.8, 4) is 0 Å². The maximum Gasteiger partial charge on any atom is 0.187 e. The summed E-state index contributed by atoms with van der Waals surface area (Å²) in [5, 5.41) is 11.8. The molecule has 0 saturated heterocycles. The maximum absolute atomic E-state index is 14.6. The van der Waals surface area contributed by atoms with Crippen LogP contribution in [0.2, 0.25) is 5.02 Å². The van der Waals surface area contributed by atoms with Crippen LogP contribution >= 0.6 is 22.9 Å². The summed E-state index contributed by atoms with van der Waals surface area (Å²) in [5.74, 6) is -1.84. The third-order valence-electron chi connectivity index (χ3n) is 4.30. The number of nitrogens with one attached hydrogen (secondary N) is 2. The Morgan fingerprint density at radius 2 is 2.03 bits per heavy atom. The number of sulfone groups is 1. The highest BCUT2D eigenvalue weighted by Gasteiger charge is 2.23. The number of thiazole rings is 1. The quantitative estimate of drug-likeness (QED) is 0.446. The summed E-state index contributed by atoms with van der Waals surface area (Å²) in [6.45, 7) is -0.00452. The number of nitrogens with zero attached hydrogens (tertiary/aromatic N) is 2. The Bertz CT molecular complexity index is 1290. The smallest absolute Gasteiger partial charge is 0.187 e. The van der Waals surface area contributed by atoms with Crippen molar-refractivity contribution in [2.24, 2.45) is 0 Å². The second kappa shape index (κ2) is 7.69. The number of hydrogen-bond donors (Lipinski definition) is 2. The van der Waals surface area contributed by atoms with Crippen LogP contribution in [0.15, 0.2) is 46.2 Å². The predicted molar refractivity (Wildman–Crippen MR) is 108 cm³/mol. The third-order valence-corrected chi connectivity index (χ3v) is 6.91. The lowest BCUT2D eigenvalue weighted by Gasteiger charge is -2.12. The van der Waals surface area contributed by atoms with Gasteiger partial charge in [-0.3, -0.25) is 5.10 Å². The van der Waals surface area contributed by atoms with Crippen LogP contribution in [0.4, 0.5) is 14.5 Å². The molecule has 0 spiro atoms. The number of fused-ring (bicyclic) bond motifs is 1. The van der Waals surface area contributed by atoms with E-state index in [0.717, 1.165) is 17.5 Å². The molecule has 2 N–H and O–H groups in total. The molecular formula is C18H13ClF2N4O2S2. The number of benzene rings is 2. The van der Waals surface area contributed by atoms with E-state index in [1.165, 1.54) is 22.9 Å². The van der Waals surface area contributed by atoms with Crippen LogP contribution in [0.25, 0.3) is 10.9 Å². The highest BCUT2D eigenvalue weighted by atomic mass is 35.5. The van der Waals surface area contributed by atoms with E-state index in [1.54, 1.807) is 17.6 Å². The molecule has 0 fully saturated rings. The number of aromatic nitrogens is 3. The topological polar surface area (TPSA) is 87.7 Å². The molecule has 29 heavy (non-hydrogen) atoms. The van der Waals surface area contributed by atoms with Gasteiger partial charge in [0.25, 0.3) is 0 Å². The molecule has 2 aromatic heterocycles. The van der Waals surface area contributed by atoms with E-state index in [1.807, 2.05) is 0 Å². The van der Waals surface area contributed by atoms with E-state index >= 15 is 0 Å². The van der Waals surface area contributed by atoms with E-state index in [2.05, 4.69) is 20.5 Å². The summed E-state index contributed by atoms with van der Waals surface area (Å²) < 4.78 is 53.8. The molecule has 2 aromatic carbocycles. The molecule has 0 radical (unpaired) electrons. The van der Waals surface area contributed by atoms with Gasteiger partial charge < -0.3 is 5.32 Å². The summed E-state index contributed by atoms with van der Waals surface area (Å²) in [4.78, 5) is 3.41. The van der Waals surface area contributed by atoms with Gasteiger partial charge in [0.15, 0.2) is 9.84 Å². The zero-order valence-electron chi connectivity index (χ0n) is 14.6. The fraction of sp³-hybridized carbons (Fsp3) is 0.111. The van der Waals surface area contributed by atoms with Gasteiger partial charge in [-0.2, -0.15) is 5.10 Å². The SMILES string of the molecule is O=S(=O)(Cc1cscn1)c1cc(Cl)c(NCc2c(F)ccc3cn[nH]c23)cc1F. The second-order valence-corrected chi connectivity index (χ2v) is 9.30. The molecule has 0 aliphatic carbocycles. The molecule has 0 bridgehead atoms. The molecule has 0 atom stereocenters. The number of anilines is 1. The number of rotatable bonds is 6. The highest BCUT2D eigenvalue weighted by Crippen LogP contribution is 2.31. The maximum atomic E-state index is 14.6. The summed E-state index contributed by atoms with van der Waals surface area (Å²) in [6, 6.07) is 4.94. The molecule has 0 saturated carbocycles. The standard InChI is InChI=1S/C18H13ClF2N4O2S2/c19-13-3-17(29(26,27)8-11-7-28-9-23-11)15(21)4-16(13)22-6-12-14(20)2-1-10-5-24-25-18(10)12/h1-5,7,9,22H,6,8H2,(H,24,25). The van der Waals surface area contributed by atoms with Crippen molar-refractivity contribution < 1.29 is 17.2 Å². The van der Waals surface area contributed by atoms with Crippen molar-refractivity contribution in [2.45, 2.75) is 17.2 Å². The lowest BCUT2D eigenvalue weighted by molar-refractivity contribution is 0.566. The van der Waals surface area contributed by atoms with Crippen molar-refractivity contribution in [1.82, 2.24) is 15.2 Å². The highest BCUT2D eigenvalue weighted by molar-refractivity contribution is 7.90. The van der Waals surface area contributed by atoms with Gasteiger partial charge in [0, 0.05) is 22.9 Å². The van der Waals surface area contributed by atoms with E-state index < -0.39 is 32.1 Å². The van der Waals surface area contributed by atoms with Gasteiger partial charge in [0.2, 0.25) is 0 Å². The number of halogens is 3. The Balaban J connectivity index is 1.60. The van der Waals surface area contributed by atoms with Crippen molar-refractivity contribution >= 4 is 49.4 Å². The van der Waals surface area contributed by atoms with Crippen LogP contribution in [0.5, 0.6) is 0 Å². The lowest BCUT2D eigenvalue weighted by atomic mass is 10.1. The number of aromatic amines is 1. The molecule has 6 nitrogen and oxygen atoms in total. The van der Waals surface area contributed by atoms with Gasteiger partial charge in [-0.25, -0.2) is 22.2 Å². The van der Waals surface area contributed by atoms with Crippen molar-refractivity contribution in [3.63, 3.8) is 0 Å². The second-order valence-electron chi connectivity index (χ2n) is 6.22. The number of H-pyrrole nitrogens is 1. The van der Waals surface area contributed by atoms with Crippen LogP contribution in [-0.4, -0.2) is 23.6 Å². The Morgan fingerprint density at radius 1 is 1.21 bits per heavy atom. The summed E-state index contributed by atoms with van der Waals surface area (Å²) in [6.07, 6.45) is 1.56. The molecule has 0 amide bonds. The van der Waals surface area contributed by atoms with Gasteiger partial charge in [-0.1, -0.05) is 11.6 Å². The van der Waals surface area contributed by atoms with Crippen LogP contribution < -0.4 is 5.32 Å². The molecule has 11 heteroatoms. The van der Waals surface area contributed by atoms with Crippen molar-refractivity contribution in [2.75, 3.05) is 5.32 Å². The zero-order chi connectivity index (χ0) is 20.6. The Hall–Kier alpha value is -2.56. The van der Waals surface area contributed by atoms with Crippen LogP contribution in [0, 0.1) is 11.6 Å². The Kier molecular flexibility index (Phi) is 5.24. The largest absolute Gasteiger partial charge is 0.379 e. The lowest BCUT2D eigenvalue weighted by Crippen LogP contribution is -2.09. The minimum Gasteiger partial charge on any atom is -0.379 e. The van der Waals surface area contributed by atoms with Gasteiger partial charge in [-0.05, 0) is 24.3 Å². The van der Waals surface area contributed by atoms with E-state index in [0.29, 0.717) is 16.8 Å². The zero-order valence-corrected chi connectivity index (χ0v) is 17.0. The first-order valence-corrected chi connectivity index (χ1v) is 11.3. The van der Waals surface area contributed by atoms with E-state index in [-0.39, 0.29) is 17.3 Å². The average Bonchev–Trinajstić information content (AvgIpc) is 3.34. The molecule has 4 rings (SSSR count). The van der Waals surface area contributed by atoms with E-state index in [9.17, 15) is 17.2 Å². The molecule has 0 aliphatic rings. The predicted octanol–water partition coefficient (Wildman–Crippen LogP) is 4.54. The van der Waals surface area contributed by atoms with Crippen LogP contribution in [0.1, 0.15) is 11.3 Å². The van der Waals surface area contributed by atoms with Gasteiger partial charge >= 0.3 is 0 Å². The first-order valence-electron chi connectivity index (χ1n) is 8.28. The molecule has 150 valence electrons. The molecular weight excluding hydrogens is 442 g/mol. The average molecular weight is 455 g/mol. The fourth-order valence-corrected chi connectivity index (χ4v) is 5.20. The van der Waals surface area contributed by atoms with Crippen LogP contribution in [0.3, 0.4) is 0 Å². The van der Waals surface area contributed by atoms with Gasteiger partial charge in [0.05, 0.1) is 39.4 Å². The fourth-order valence-electron chi connectivity index (χ4n) is 2.89. The van der Waals surface area contributed by atoms with Gasteiger partial charge in [0.1, 0.15) is 16.5 Å². The molecule has 2 heterocycles.